The summed E-state index contributed by atoms with van der Waals surface area (Å²) < 4.78 is 16.7. The molecular formula is C28H34N4O3S. The van der Waals surface area contributed by atoms with Gasteiger partial charge in [-0.25, -0.2) is 0 Å². The van der Waals surface area contributed by atoms with Gasteiger partial charge in [0.05, 0.1) is 18.9 Å². The zero-order chi connectivity index (χ0) is 25.3. The maximum absolute atomic E-state index is 12.4. The van der Waals surface area contributed by atoms with Gasteiger partial charge in [0.1, 0.15) is 5.82 Å². The Bertz CT molecular complexity index is 1200. The van der Waals surface area contributed by atoms with Crippen molar-refractivity contribution in [1.29, 1.82) is 0 Å². The molecule has 1 atom stereocenters. The number of aromatic nitrogens is 1. The lowest BCUT2D eigenvalue weighted by molar-refractivity contribution is -0.116. The van der Waals surface area contributed by atoms with E-state index in [-0.39, 0.29) is 5.91 Å². The number of nitrogens with zero attached hydrogens (tertiary/aromatic N) is 3. The Labute approximate surface area is 217 Å². The van der Waals surface area contributed by atoms with Crippen LogP contribution in [0.15, 0.2) is 61.2 Å². The number of benzene rings is 2. The number of anilines is 1. The van der Waals surface area contributed by atoms with E-state index in [1.807, 2.05) is 24.3 Å². The van der Waals surface area contributed by atoms with Crippen LogP contribution in [0.3, 0.4) is 0 Å². The van der Waals surface area contributed by atoms with Crippen molar-refractivity contribution < 1.29 is 14.3 Å². The molecular weight excluding hydrogens is 472 g/mol. The minimum absolute atomic E-state index is 0.133. The lowest BCUT2D eigenvalue weighted by atomic mass is 10.0. The number of ether oxygens (including phenoxy) is 2. The van der Waals surface area contributed by atoms with E-state index >= 15 is 0 Å². The third kappa shape index (κ3) is 6.25. The molecule has 4 rings (SSSR count). The normalized spacial score (nSPS) is 15.2. The highest BCUT2D eigenvalue weighted by atomic mass is 32.1. The van der Waals surface area contributed by atoms with Crippen molar-refractivity contribution in [2.45, 2.75) is 6.42 Å². The van der Waals surface area contributed by atoms with E-state index in [9.17, 15) is 4.79 Å². The van der Waals surface area contributed by atoms with Gasteiger partial charge in [-0.3, -0.25) is 9.69 Å². The predicted octanol–water partition coefficient (Wildman–Crippen LogP) is 4.46. The van der Waals surface area contributed by atoms with Gasteiger partial charge < -0.3 is 19.7 Å². The van der Waals surface area contributed by atoms with E-state index in [4.69, 9.17) is 13.8 Å². The van der Waals surface area contributed by atoms with Crippen molar-refractivity contribution in [3.05, 3.63) is 66.8 Å². The second-order valence-corrected chi connectivity index (χ2v) is 9.59. The highest BCUT2D eigenvalue weighted by molar-refractivity contribution is 7.13. The monoisotopic (exact) mass is 506 g/mol. The van der Waals surface area contributed by atoms with Crippen molar-refractivity contribution in [2.75, 3.05) is 58.4 Å². The number of carbonyl (C=O) groups is 1. The zero-order valence-corrected chi connectivity index (χ0v) is 21.8. The lowest BCUT2D eigenvalue weighted by Crippen LogP contribution is -2.48. The van der Waals surface area contributed by atoms with Crippen molar-refractivity contribution in [1.82, 2.24) is 14.6 Å². The van der Waals surface area contributed by atoms with Crippen LogP contribution >= 0.6 is 11.5 Å². The molecule has 0 aliphatic carbocycles. The summed E-state index contributed by atoms with van der Waals surface area (Å²) in [4.78, 5) is 17.2. The molecule has 1 N–H and O–H groups in total. The Balaban J connectivity index is 1.21. The number of amides is 1. The molecule has 2 heterocycles. The average molecular weight is 507 g/mol. The fourth-order valence-electron chi connectivity index (χ4n) is 4.51. The largest absolute Gasteiger partial charge is 0.493 e. The zero-order valence-electron chi connectivity index (χ0n) is 21.0. The molecule has 1 aliphatic heterocycles. The molecule has 1 aliphatic rings. The summed E-state index contributed by atoms with van der Waals surface area (Å²) >= 11 is 1.57. The third-order valence-electron chi connectivity index (χ3n) is 6.52. The minimum atomic E-state index is -0.133. The molecule has 0 unspecified atom stereocenters. The number of carbonyl (C=O) groups excluding carboxylic acids is 1. The van der Waals surface area contributed by atoms with Crippen LogP contribution in [0.5, 0.6) is 11.5 Å². The maximum Gasteiger partial charge on any atom is 0.244 e. The third-order valence-corrected chi connectivity index (χ3v) is 7.34. The number of para-hydroxylation sites is 1. The summed E-state index contributed by atoms with van der Waals surface area (Å²) in [5.74, 6) is 2.54. The Kier molecular flexibility index (Phi) is 8.97. The van der Waals surface area contributed by atoms with Gasteiger partial charge in [0.2, 0.25) is 5.91 Å². The second-order valence-electron chi connectivity index (χ2n) is 8.78. The van der Waals surface area contributed by atoms with E-state index in [1.165, 1.54) is 16.2 Å². The molecule has 0 saturated carbocycles. The first-order valence-electron chi connectivity index (χ1n) is 12.2. The number of hydrogen-bond donors (Lipinski definition) is 1. The smallest absolute Gasteiger partial charge is 0.244 e. The summed E-state index contributed by atoms with van der Waals surface area (Å²) in [5.41, 5.74) is 0.792. The number of hydrogen-bond acceptors (Lipinski definition) is 7. The fourth-order valence-corrected chi connectivity index (χ4v) is 5.30. The highest BCUT2D eigenvalue weighted by Gasteiger charge is 2.22. The first kappa shape index (κ1) is 25.7. The summed E-state index contributed by atoms with van der Waals surface area (Å²) in [6, 6.07) is 14.0. The number of methoxy groups -OCH3 is 2. The standard InChI is InChI=1S/C28H34N4O3S/c1-4-21(14-15-29-26(33)13-12-22-8-7-10-24(34-2)27(22)35-3)20-31-16-18-32(19-17-31)28-23-9-5-6-11-25(23)36-30-28/h4-13,21H,1,14-20H2,2-3H3,(H,29,33)/b13-12+/t21-/m0/s1. The Hall–Kier alpha value is -3.36. The molecule has 2 aromatic carbocycles. The van der Waals surface area contributed by atoms with Crippen LogP contribution in [0.2, 0.25) is 0 Å². The molecule has 0 radical (unpaired) electrons. The molecule has 1 saturated heterocycles. The van der Waals surface area contributed by atoms with E-state index < -0.39 is 0 Å². The van der Waals surface area contributed by atoms with E-state index in [0.717, 1.165) is 50.5 Å². The average Bonchev–Trinajstić information content (AvgIpc) is 3.35. The molecule has 36 heavy (non-hydrogen) atoms. The molecule has 7 nitrogen and oxygen atoms in total. The van der Waals surface area contributed by atoms with E-state index in [0.29, 0.717) is 24.0 Å². The van der Waals surface area contributed by atoms with Gasteiger partial charge in [0.25, 0.3) is 0 Å². The van der Waals surface area contributed by atoms with Crippen LogP contribution in [0.1, 0.15) is 12.0 Å². The van der Waals surface area contributed by atoms with Gasteiger partial charge in [-0.1, -0.05) is 30.3 Å². The molecule has 0 spiro atoms. The predicted molar refractivity (Wildman–Crippen MR) is 148 cm³/mol. The number of rotatable bonds is 11. The SMILES string of the molecule is C=C[C@@H](CCNC(=O)/C=C/c1cccc(OC)c1OC)CN1CCN(c2nsc3ccccc23)CC1. The maximum atomic E-state index is 12.4. The van der Waals surface area contributed by atoms with Crippen molar-refractivity contribution >= 4 is 39.4 Å². The molecule has 8 heteroatoms. The van der Waals surface area contributed by atoms with Crippen molar-refractivity contribution in [2.24, 2.45) is 5.92 Å². The van der Waals surface area contributed by atoms with Crippen LogP contribution in [-0.4, -0.2) is 68.7 Å². The van der Waals surface area contributed by atoms with Gasteiger partial charge in [-0.05, 0) is 48.1 Å². The number of nitrogens with one attached hydrogen (secondary N) is 1. The molecule has 0 bridgehead atoms. The second kappa shape index (κ2) is 12.6. The Morgan fingerprint density at radius 3 is 2.69 bits per heavy atom. The fraction of sp³-hybridized carbons (Fsp3) is 0.357. The summed E-state index contributed by atoms with van der Waals surface area (Å²) in [7, 11) is 3.18. The van der Waals surface area contributed by atoms with Crippen LogP contribution < -0.4 is 19.7 Å². The minimum Gasteiger partial charge on any atom is -0.493 e. The summed E-state index contributed by atoms with van der Waals surface area (Å²) in [5, 5.41) is 4.23. The topological polar surface area (TPSA) is 66.9 Å². The molecule has 190 valence electrons. The van der Waals surface area contributed by atoms with Crippen molar-refractivity contribution in [3.63, 3.8) is 0 Å². The summed E-state index contributed by atoms with van der Waals surface area (Å²) in [6.45, 7) is 9.49. The number of piperazine rings is 1. The Morgan fingerprint density at radius 1 is 1.14 bits per heavy atom. The van der Waals surface area contributed by atoms with E-state index in [1.54, 1.807) is 31.8 Å². The van der Waals surface area contributed by atoms with Gasteiger partial charge in [-0.2, -0.15) is 4.37 Å². The summed E-state index contributed by atoms with van der Waals surface area (Å²) in [6.07, 6.45) is 6.13. The van der Waals surface area contributed by atoms with Crippen molar-refractivity contribution in [3.8, 4) is 11.5 Å². The first-order valence-corrected chi connectivity index (χ1v) is 13.0. The molecule has 1 fully saturated rings. The van der Waals surface area contributed by atoms with Gasteiger partial charge in [0, 0.05) is 56.3 Å². The van der Waals surface area contributed by atoms with Crippen LogP contribution in [-0.2, 0) is 4.79 Å². The van der Waals surface area contributed by atoms with Gasteiger partial charge in [0.15, 0.2) is 11.5 Å². The van der Waals surface area contributed by atoms with Crippen LogP contribution in [0.25, 0.3) is 16.2 Å². The van der Waals surface area contributed by atoms with E-state index in [2.05, 4.69) is 46.0 Å². The van der Waals surface area contributed by atoms with Crippen LogP contribution in [0, 0.1) is 5.92 Å². The quantitative estimate of drug-likeness (QED) is 0.306. The lowest BCUT2D eigenvalue weighted by Gasteiger charge is -2.36. The molecule has 3 aromatic rings. The molecule has 1 amide bonds. The first-order chi connectivity index (χ1) is 17.6. The highest BCUT2D eigenvalue weighted by Crippen LogP contribution is 2.32. The molecule has 1 aromatic heterocycles. The van der Waals surface area contributed by atoms with Crippen LogP contribution in [0.4, 0.5) is 5.82 Å². The number of fused-ring (bicyclic) bond motifs is 1. The Morgan fingerprint density at radius 2 is 1.94 bits per heavy atom. The van der Waals surface area contributed by atoms with Gasteiger partial charge in [-0.15, -0.1) is 6.58 Å². The van der Waals surface area contributed by atoms with Gasteiger partial charge >= 0.3 is 0 Å².